The van der Waals surface area contributed by atoms with Crippen molar-refractivity contribution in [3.63, 3.8) is 0 Å². The van der Waals surface area contributed by atoms with Gasteiger partial charge in [0.25, 0.3) is 0 Å². The maximum atomic E-state index is 12.4. The highest BCUT2D eigenvalue weighted by Crippen LogP contribution is 2.37. The third-order valence-electron chi connectivity index (χ3n) is 4.75. The normalized spacial score (nSPS) is 26.6. The number of fused-ring (bicyclic) bond motifs is 1. The minimum absolute atomic E-state index is 0.0764. The molecular formula is C16H22N2O2. The first kappa shape index (κ1) is 13.4. The third-order valence-corrected chi connectivity index (χ3v) is 4.75. The number of carbonyl (C=O) groups is 1. The molecule has 1 aromatic rings. The molecule has 4 heteroatoms. The van der Waals surface area contributed by atoms with Crippen molar-refractivity contribution in [2.45, 2.75) is 31.7 Å². The molecule has 1 aliphatic heterocycles. The number of likely N-dealkylation sites (tertiary alicyclic amines) is 1. The Hall–Kier alpha value is -1.55. The Kier molecular flexibility index (Phi) is 3.66. The van der Waals surface area contributed by atoms with Crippen LogP contribution in [0.1, 0.15) is 24.8 Å². The SMILES string of the molecule is N[C@@H](Cc1ccc(O)cc1)C(=O)N1CC2CCCC2C1. The first-order valence-corrected chi connectivity index (χ1v) is 7.46. The van der Waals surface area contributed by atoms with Crippen molar-refractivity contribution in [1.29, 1.82) is 0 Å². The van der Waals surface area contributed by atoms with E-state index in [1.54, 1.807) is 12.1 Å². The second-order valence-corrected chi connectivity index (χ2v) is 6.17. The third kappa shape index (κ3) is 2.66. The summed E-state index contributed by atoms with van der Waals surface area (Å²) in [6.07, 6.45) is 4.38. The summed E-state index contributed by atoms with van der Waals surface area (Å²) in [6.45, 7) is 1.79. The lowest BCUT2D eigenvalue weighted by atomic mass is 10.0. The Labute approximate surface area is 119 Å². The number of amides is 1. The van der Waals surface area contributed by atoms with E-state index in [2.05, 4.69) is 0 Å². The molecule has 0 spiro atoms. The summed E-state index contributed by atoms with van der Waals surface area (Å²) >= 11 is 0. The highest BCUT2D eigenvalue weighted by atomic mass is 16.3. The van der Waals surface area contributed by atoms with Crippen LogP contribution in [0.3, 0.4) is 0 Å². The van der Waals surface area contributed by atoms with E-state index in [0.717, 1.165) is 18.7 Å². The summed E-state index contributed by atoms with van der Waals surface area (Å²) in [7, 11) is 0. The number of phenols is 1. The predicted molar refractivity (Wildman–Crippen MR) is 77.2 cm³/mol. The van der Waals surface area contributed by atoms with Gasteiger partial charge in [-0.2, -0.15) is 0 Å². The van der Waals surface area contributed by atoms with E-state index in [0.29, 0.717) is 18.3 Å². The molecule has 2 unspecified atom stereocenters. The van der Waals surface area contributed by atoms with Crippen LogP contribution >= 0.6 is 0 Å². The van der Waals surface area contributed by atoms with Crippen molar-refractivity contribution in [1.82, 2.24) is 4.90 Å². The Morgan fingerprint density at radius 2 is 1.85 bits per heavy atom. The average molecular weight is 274 g/mol. The topological polar surface area (TPSA) is 66.6 Å². The van der Waals surface area contributed by atoms with Crippen LogP contribution in [0.5, 0.6) is 5.75 Å². The highest BCUT2D eigenvalue weighted by molar-refractivity contribution is 5.82. The summed E-state index contributed by atoms with van der Waals surface area (Å²) in [5.74, 6) is 1.73. The van der Waals surface area contributed by atoms with Crippen LogP contribution in [0, 0.1) is 11.8 Å². The number of phenolic OH excluding ortho intramolecular Hbond substituents is 1. The number of hydrogen-bond acceptors (Lipinski definition) is 3. The molecule has 1 amide bonds. The van der Waals surface area contributed by atoms with E-state index in [-0.39, 0.29) is 11.7 Å². The van der Waals surface area contributed by atoms with Gasteiger partial charge in [0.05, 0.1) is 6.04 Å². The van der Waals surface area contributed by atoms with E-state index in [9.17, 15) is 9.90 Å². The number of rotatable bonds is 3. The van der Waals surface area contributed by atoms with Crippen LogP contribution < -0.4 is 5.73 Å². The number of aromatic hydroxyl groups is 1. The molecule has 1 saturated carbocycles. The number of carbonyl (C=O) groups excluding carboxylic acids is 1. The standard InChI is InChI=1S/C16H22N2O2/c17-15(8-11-4-6-14(19)7-5-11)16(20)18-9-12-2-1-3-13(12)10-18/h4-7,12-13,15,19H,1-3,8-10,17H2/t12?,13?,15-/m0/s1. The molecule has 3 atom stereocenters. The van der Waals surface area contributed by atoms with E-state index in [4.69, 9.17) is 5.73 Å². The minimum Gasteiger partial charge on any atom is -0.508 e. The van der Waals surface area contributed by atoms with Gasteiger partial charge in [0.15, 0.2) is 0 Å². The van der Waals surface area contributed by atoms with Crippen molar-refractivity contribution in [3.05, 3.63) is 29.8 Å². The van der Waals surface area contributed by atoms with Crippen LogP contribution in [-0.2, 0) is 11.2 Å². The van der Waals surface area contributed by atoms with Gasteiger partial charge in [0.1, 0.15) is 5.75 Å². The van der Waals surface area contributed by atoms with Crippen LogP contribution in [0.25, 0.3) is 0 Å². The molecule has 108 valence electrons. The second kappa shape index (κ2) is 5.44. The van der Waals surface area contributed by atoms with Gasteiger partial charge in [-0.1, -0.05) is 18.6 Å². The number of hydrogen-bond donors (Lipinski definition) is 2. The van der Waals surface area contributed by atoms with E-state index >= 15 is 0 Å². The zero-order valence-electron chi connectivity index (χ0n) is 11.7. The van der Waals surface area contributed by atoms with Crippen LogP contribution in [-0.4, -0.2) is 35.0 Å². The molecule has 0 aromatic heterocycles. The van der Waals surface area contributed by atoms with E-state index in [1.165, 1.54) is 19.3 Å². The molecule has 1 aromatic carbocycles. The van der Waals surface area contributed by atoms with Crippen molar-refractivity contribution in [3.8, 4) is 5.75 Å². The molecule has 0 bridgehead atoms. The first-order valence-electron chi connectivity index (χ1n) is 7.46. The minimum atomic E-state index is -0.474. The summed E-state index contributed by atoms with van der Waals surface area (Å²) in [5, 5.41) is 9.26. The molecule has 0 radical (unpaired) electrons. The van der Waals surface area contributed by atoms with Gasteiger partial charge >= 0.3 is 0 Å². The van der Waals surface area contributed by atoms with Crippen LogP contribution in [0.2, 0.25) is 0 Å². The molecule has 1 saturated heterocycles. The molecule has 3 rings (SSSR count). The van der Waals surface area contributed by atoms with Gasteiger partial charge in [-0.05, 0) is 48.8 Å². The van der Waals surface area contributed by atoms with Crippen molar-refractivity contribution in [2.24, 2.45) is 17.6 Å². The Morgan fingerprint density at radius 1 is 1.25 bits per heavy atom. The van der Waals surface area contributed by atoms with Crippen molar-refractivity contribution >= 4 is 5.91 Å². The van der Waals surface area contributed by atoms with E-state index < -0.39 is 6.04 Å². The van der Waals surface area contributed by atoms with E-state index in [1.807, 2.05) is 17.0 Å². The maximum absolute atomic E-state index is 12.4. The molecule has 2 fully saturated rings. The first-order chi connectivity index (χ1) is 9.63. The zero-order valence-corrected chi connectivity index (χ0v) is 11.7. The Bertz CT molecular complexity index is 474. The summed E-state index contributed by atoms with van der Waals surface area (Å²) < 4.78 is 0. The summed E-state index contributed by atoms with van der Waals surface area (Å²) in [5.41, 5.74) is 7.05. The number of nitrogens with zero attached hydrogens (tertiary/aromatic N) is 1. The summed E-state index contributed by atoms with van der Waals surface area (Å²) in [6, 6.07) is 6.43. The van der Waals surface area contributed by atoms with Gasteiger partial charge < -0.3 is 15.7 Å². The fourth-order valence-corrected chi connectivity index (χ4v) is 3.62. The molecule has 1 aliphatic carbocycles. The quantitative estimate of drug-likeness (QED) is 0.878. The Balaban J connectivity index is 1.58. The van der Waals surface area contributed by atoms with Crippen molar-refractivity contribution < 1.29 is 9.90 Å². The lowest BCUT2D eigenvalue weighted by Gasteiger charge is -2.21. The van der Waals surface area contributed by atoms with Crippen LogP contribution in [0.15, 0.2) is 24.3 Å². The van der Waals surface area contributed by atoms with Gasteiger partial charge in [-0.25, -0.2) is 0 Å². The van der Waals surface area contributed by atoms with Gasteiger partial charge in [-0.15, -0.1) is 0 Å². The van der Waals surface area contributed by atoms with Gasteiger partial charge in [-0.3, -0.25) is 4.79 Å². The lowest BCUT2D eigenvalue weighted by molar-refractivity contribution is -0.131. The molecule has 4 nitrogen and oxygen atoms in total. The van der Waals surface area contributed by atoms with Crippen molar-refractivity contribution in [2.75, 3.05) is 13.1 Å². The smallest absolute Gasteiger partial charge is 0.239 e. The predicted octanol–water partition coefficient (Wildman–Crippen LogP) is 1.52. The average Bonchev–Trinajstić information content (AvgIpc) is 3.01. The molecule has 3 N–H and O–H groups in total. The number of nitrogens with two attached hydrogens (primary N) is 1. The number of benzene rings is 1. The monoisotopic (exact) mass is 274 g/mol. The van der Waals surface area contributed by atoms with Gasteiger partial charge in [0.2, 0.25) is 5.91 Å². The largest absolute Gasteiger partial charge is 0.508 e. The second-order valence-electron chi connectivity index (χ2n) is 6.17. The zero-order chi connectivity index (χ0) is 14.1. The highest BCUT2D eigenvalue weighted by Gasteiger charge is 2.38. The molecule has 20 heavy (non-hydrogen) atoms. The fraction of sp³-hybridized carbons (Fsp3) is 0.562. The molecule has 2 aliphatic rings. The van der Waals surface area contributed by atoms with Gasteiger partial charge in [0, 0.05) is 13.1 Å². The van der Waals surface area contributed by atoms with Crippen LogP contribution in [0.4, 0.5) is 0 Å². The summed E-state index contributed by atoms with van der Waals surface area (Å²) in [4.78, 5) is 14.4. The fourth-order valence-electron chi connectivity index (χ4n) is 3.62. The lowest BCUT2D eigenvalue weighted by Crippen LogP contribution is -2.44. The maximum Gasteiger partial charge on any atom is 0.239 e. The molecule has 1 heterocycles. The molecular weight excluding hydrogens is 252 g/mol. The Morgan fingerprint density at radius 3 is 2.45 bits per heavy atom.